The van der Waals surface area contributed by atoms with Crippen molar-refractivity contribution >= 4 is 47.3 Å². The fourth-order valence-corrected chi connectivity index (χ4v) is 12.7. The van der Waals surface area contributed by atoms with E-state index in [1.807, 2.05) is 95.5 Å². The number of nitrogens with one attached hydrogen (secondary N) is 5. The third-order valence-electron chi connectivity index (χ3n) is 17.4. The van der Waals surface area contributed by atoms with E-state index in [2.05, 4.69) is 100 Å². The van der Waals surface area contributed by atoms with Gasteiger partial charge in [-0.1, -0.05) is 119 Å². The van der Waals surface area contributed by atoms with Crippen molar-refractivity contribution in [3.63, 3.8) is 0 Å². The van der Waals surface area contributed by atoms with Gasteiger partial charge in [0.2, 0.25) is 6.79 Å². The molecule has 0 radical (unpaired) electrons. The predicted octanol–water partition coefficient (Wildman–Crippen LogP) is 17.2. The second-order valence-electron chi connectivity index (χ2n) is 27.0. The molecular weight excluding hydrogens is 1310 g/mol. The quantitative estimate of drug-likeness (QED) is 0.0217. The van der Waals surface area contributed by atoms with Gasteiger partial charge in [-0.3, -0.25) is 24.0 Å². The smallest absolute Gasteiger partial charge is 0.328 e. The van der Waals surface area contributed by atoms with E-state index in [1.54, 1.807) is 82.7 Å². The van der Waals surface area contributed by atoms with Crippen molar-refractivity contribution in [2.45, 2.75) is 209 Å². The molecule has 0 aromatic heterocycles. The number of carbonyl (C=O) groups excluding carboxylic acids is 6. The van der Waals surface area contributed by atoms with Crippen molar-refractivity contribution in [2.24, 2.45) is 17.8 Å². The predicted molar refractivity (Wildman–Crippen MR) is 411 cm³/mol. The number of benzene rings is 6. The van der Waals surface area contributed by atoms with Crippen LogP contribution in [0.1, 0.15) is 232 Å². The normalized spacial score (nSPS) is 13.3. The molecule has 4 atom stereocenters. The third kappa shape index (κ3) is 28.3. The second kappa shape index (κ2) is 45.3. The first-order valence-electron chi connectivity index (χ1n) is 36.1. The van der Waals surface area contributed by atoms with Gasteiger partial charge in [0.15, 0.2) is 23.0 Å². The fourth-order valence-electron chi connectivity index (χ4n) is 12.1. The average Bonchev–Trinajstić information content (AvgIpc) is 1.23. The van der Waals surface area contributed by atoms with Crippen LogP contribution in [0.4, 0.5) is 0 Å². The lowest BCUT2D eigenvalue weighted by Crippen LogP contribution is -2.42. The van der Waals surface area contributed by atoms with E-state index in [9.17, 15) is 28.8 Å². The summed E-state index contributed by atoms with van der Waals surface area (Å²) in [6, 6.07) is 35.7. The highest BCUT2D eigenvalue weighted by Gasteiger charge is 2.26. The van der Waals surface area contributed by atoms with Gasteiger partial charge in [0.1, 0.15) is 17.5 Å². The first-order chi connectivity index (χ1) is 48.8. The minimum absolute atomic E-state index is 0.00162. The summed E-state index contributed by atoms with van der Waals surface area (Å²) >= 11 is 1.60. The molecule has 1 aliphatic heterocycles. The third-order valence-corrected chi connectivity index (χ3v) is 18.2. The maximum absolute atomic E-state index is 12.5. The standard InChI is InChI=1S/C18H17NO3.C17H27NO2.C16H23NO3S.C16H25NO3.C16H25NO2/c20-18(13-8-9-16-17(10-13)22-11-21-16)19-15-7-3-5-12-4-1-2-6-14(12)15;1-6-7-15(10-12(2)3)18-17(19)14-8-9-16(20-5)13(4)11-14;1-10(2)8-13(16(19)20-4)17-15(18)12-7-6-11(3)14(9-12)21-5;1-5-7-13(8-6-2)17-16(18)12-9-10-14(19-3)15(11-12)20-4;1-6-14(9-11(2)3)17-16(18)13-7-8-15(19-5)12(4)10-13/h1-2,4,6,8-10,15H,3,5,7,11H2,(H,19,20);8-9,11-12,15H,6-7,10H2,1-5H3,(H,18,19);6-7,9-10,13H,8H2,1-5H3,(H,17,18);9-11,13H,5-8H2,1-4H3,(H,17,18);7-8,10-11,14H,6,9H2,1-5H3,(H,17,18)/t;;13-;;/m..1../s1. The van der Waals surface area contributed by atoms with Crippen molar-refractivity contribution < 1.29 is 61.9 Å². The molecule has 0 saturated heterocycles. The first kappa shape index (κ1) is 85.7. The topological polar surface area (TPSA) is 227 Å². The Morgan fingerprint density at radius 2 is 0.941 bits per heavy atom. The molecule has 6 aromatic carbocycles. The highest BCUT2D eigenvalue weighted by atomic mass is 32.2. The molecule has 3 unspecified atom stereocenters. The summed E-state index contributed by atoms with van der Waals surface area (Å²) in [5.41, 5.74) is 8.82. The van der Waals surface area contributed by atoms with Crippen molar-refractivity contribution in [3.8, 4) is 34.5 Å². The van der Waals surface area contributed by atoms with Crippen LogP contribution < -0.4 is 55.0 Å². The SMILES string of the molecule is CCC(CC(C)C)NC(=O)c1ccc(OC)c(C)c1.CCCC(CC(C)C)NC(=O)c1ccc(OC)c(C)c1.CCCC(CCC)NC(=O)c1ccc(OC)c(OC)c1.COC(=O)[C@@H](CC(C)C)NC(=O)c1ccc(C)c(SC)c1.O=C(NC1CCCc2ccccc21)c1ccc2c(c1)OCO2. The lowest BCUT2D eigenvalue weighted by Gasteiger charge is -2.26. The molecule has 19 heteroatoms. The van der Waals surface area contributed by atoms with E-state index in [4.69, 9.17) is 33.2 Å². The van der Waals surface area contributed by atoms with E-state index in [1.165, 1.54) is 18.2 Å². The van der Waals surface area contributed by atoms with Gasteiger partial charge >= 0.3 is 5.97 Å². The number of ether oxygens (including phenoxy) is 7. The Morgan fingerprint density at radius 1 is 0.480 bits per heavy atom. The Morgan fingerprint density at radius 3 is 1.46 bits per heavy atom. The molecule has 0 fully saturated rings. The van der Waals surface area contributed by atoms with Crippen LogP contribution in [-0.2, 0) is 16.0 Å². The number of hydrogen-bond acceptors (Lipinski definition) is 14. The Bertz CT molecular complexity index is 3610. The first-order valence-corrected chi connectivity index (χ1v) is 37.3. The van der Waals surface area contributed by atoms with Gasteiger partial charge in [0.25, 0.3) is 29.5 Å². The number of amides is 5. The highest BCUT2D eigenvalue weighted by Crippen LogP contribution is 2.35. The van der Waals surface area contributed by atoms with Crippen molar-refractivity contribution in [3.05, 3.63) is 171 Å². The Hall–Kier alpha value is -8.71. The van der Waals surface area contributed by atoms with Crippen molar-refractivity contribution in [1.82, 2.24) is 26.6 Å². The van der Waals surface area contributed by atoms with Crippen molar-refractivity contribution in [2.75, 3.05) is 48.6 Å². The number of fused-ring (bicyclic) bond motifs is 2. The zero-order valence-corrected chi connectivity index (χ0v) is 65.0. The summed E-state index contributed by atoms with van der Waals surface area (Å²) < 4.78 is 36.2. The molecule has 1 heterocycles. The van der Waals surface area contributed by atoms with E-state index in [-0.39, 0.29) is 66.4 Å². The lowest BCUT2D eigenvalue weighted by molar-refractivity contribution is -0.143. The number of thioether (sulfide) groups is 1. The molecular formula is C83H117N5O13S. The summed E-state index contributed by atoms with van der Waals surface area (Å²) in [5.74, 6) is 4.84. The number of hydrogen-bond donors (Lipinski definition) is 5. The van der Waals surface area contributed by atoms with Crippen LogP contribution in [0.25, 0.3) is 0 Å². The zero-order valence-electron chi connectivity index (χ0n) is 64.2. The fraction of sp³-hybridized carbons (Fsp3) is 0.494. The van der Waals surface area contributed by atoms with Crippen LogP contribution in [-0.4, -0.2) is 108 Å². The van der Waals surface area contributed by atoms with Gasteiger partial charge in [-0.25, -0.2) is 4.79 Å². The summed E-state index contributed by atoms with van der Waals surface area (Å²) in [5, 5.41) is 15.2. The van der Waals surface area contributed by atoms with Gasteiger partial charge in [-0.15, -0.1) is 11.8 Å². The molecule has 18 nitrogen and oxygen atoms in total. The van der Waals surface area contributed by atoms with Crippen LogP contribution in [0.2, 0.25) is 0 Å². The van der Waals surface area contributed by atoms with Gasteiger partial charge in [0, 0.05) is 50.8 Å². The van der Waals surface area contributed by atoms with Gasteiger partial charge in [-0.05, 0) is 222 Å². The summed E-state index contributed by atoms with van der Waals surface area (Å²) in [4.78, 5) is 74.4. The van der Waals surface area contributed by atoms with Crippen LogP contribution in [0, 0.1) is 38.5 Å². The van der Waals surface area contributed by atoms with Gasteiger partial charge < -0.3 is 59.7 Å². The lowest BCUT2D eigenvalue weighted by atomic mass is 9.87. The van der Waals surface area contributed by atoms with Crippen LogP contribution in [0.5, 0.6) is 34.5 Å². The number of aryl methyl sites for hydroxylation is 4. The molecule has 0 bridgehead atoms. The maximum Gasteiger partial charge on any atom is 0.328 e. The van der Waals surface area contributed by atoms with Gasteiger partial charge in [0.05, 0.1) is 41.6 Å². The van der Waals surface area contributed by atoms with E-state index < -0.39 is 12.0 Å². The average molecular weight is 1420 g/mol. The molecule has 1 aliphatic carbocycles. The van der Waals surface area contributed by atoms with E-state index >= 15 is 0 Å². The zero-order chi connectivity index (χ0) is 75.4. The van der Waals surface area contributed by atoms with Crippen LogP contribution >= 0.6 is 11.8 Å². The number of carbonyl (C=O) groups is 6. The Kier molecular flexibility index (Phi) is 38.1. The molecule has 5 amide bonds. The van der Waals surface area contributed by atoms with E-state index in [0.717, 1.165) is 110 Å². The van der Waals surface area contributed by atoms with E-state index in [0.29, 0.717) is 69.1 Å². The number of methoxy groups -OCH3 is 5. The molecule has 6 aromatic rings. The summed E-state index contributed by atoms with van der Waals surface area (Å²) in [6.07, 6.45) is 14.9. The number of rotatable bonds is 29. The van der Waals surface area contributed by atoms with Crippen LogP contribution in [0.15, 0.2) is 120 Å². The molecule has 2 aliphatic rings. The monoisotopic (exact) mass is 1420 g/mol. The molecule has 102 heavy (non-hydrogen) atoms. The van der Waals surface area contributed by atoms with Crippen molar-refractivity contribution in [1.29, 1.82) is 0 Å². The minimum atomic E-state index is -0.610. The minimum Gasteiger partial charge on any atom is -0.496 e. The summed E-state index contributed by atoms with van der Waals surface area (Å²) in [6.45, 7) is 27.4. The number of esters is 1. The Labute approximate surface area is 613 Å². The largest absolute Gasteiger partial charge is 0.496 e. The molecule has 0 saturated carbocycles. The van der Waals surface area contributed by atoms with Gasteiger partial charge in [-0.2, -0.15) is 0 Å². The summed E-state index contributed by atoms with van der Waals surface area (Å²) in [7, 11) is 7.76. The van der Waals surface area contributed by atoms with Crippen LogP contribution in [0.3, 0.4) is 0 Å². The molecule has 558 valence electrons. The molecule has 8 rings (SSSR count). The second-order valence-corrected chi connectivity index (χ2v) is 27.9. The maximum atomic E-state index is 12.5. The highest BCUT2D eigenvalue weighted by molar-refractivity contribution is 7.98. The molecule has 5 N–H and O–H groups in total. The Balaban J connectivity index is 0.000000271. The molecule has 0 spiro atoms.